The van der Waals surface area contributed by atoms with Crippen molar-refractivity contribution in [1.29, 1.82) is 0 Å². The summed E-state index contributed by atoms with van der Waals surface area (Å²) in [6.07, 6.45) is 0. The highest BCUT2D eigenvalue weighted by molar-refractivity contribution is 9.10. The smallest absolute Gasteiger partial charge is 0.277 e. The van der Waals surface area contributed by atoms with Crippen molar-refractivity contribution in [2.75, 3.05) is 28.3 Å². The number of amides is 1. The zero-order chi connectivity index (χ0) is 20.4. The van der Waals surface area contributed by atoms with Gasteiger partial charge in [-0.2, -0.15) is 0 Å². The number of fused-ring (bicyclic) bond motifs is 1. The predicted molar refractivity (Wildman–Crippen MR) is 112 cm³/mol. The van der Waals surface area contributed by atoms with Crippen molar-refractivity contribution >= 4 is 38.5 Å². The van der Waals surface area contributed by atoms with Gasteiger partial charge in [-0.1, -0.05) is 33.2 Å². The number of carbonyl (C=O) groups is 1. The van der Waals surface area contributed by atoms with Crippen LogP contribution in [0.15, 0.2) is 46.0 Å². The van der Waals surface area contributed by atoms with Crippen molar-refractivity contribution in [3.8, 4) is 22.6 Å². The number of hydrogen-bond donors (Lipinski definition) is 2. The van der Waals surface area contributed by atoms with Gasteiger partial charge in [-0.05, 0) is 17.7 Å². The minimum absolute atomic E-state index is 0.0971. The minimum atomic E-state index is -0.432. The molecular weight excluding hydrogens is 426 g/mol. The van der Waals surface area contributed by atoms with Crippen molar-refractivity contribution in [2.24, 2.45) is 5.16 Å². The Labute approximate surface area is 170 Å². The van der Waals surface area contributed by atoms with E-state index in [1.807, 2.05) is 24.3 Å². The molecule has 1 heterocycles. The Kier molecular flexibility index (Phi) is 5.60. The van der Waals surface area contributed by atoms with Crippen LogP contribution < -0.4 is 9.47 Å². The Hall–Kier alpha value is -3.00. The Balaban J connectivity index is 2.41. The molecule has 2 N–H and O–H groups in total. The van der Waals surface area contributed by atoms with Gasteiger partial charge in [-0.25, -0.2) is 0 Å². The lowest BCUT2D eigenvalue weighted by Crippen LogP contribution is -2.31. The Morgan fingerprint density at radius 2 is 1.82 bits per heavy atom. The third-order valence-corrected chi connectivity index (χ3v) is 4.90. The Morgan fingerprint density at radius 1 is 1.14 bits per heavy atom. The number of hydrogen-bond acceptors (Lipinski definition) is 5. The van der Waals surface area contributed by atoms with Crippen LogP contribution in [0.2, 0.25) is 0 Å². The molecule has 8 heteroatoms. The highest BCUT2D eigenvalue weighted by Crippen LogP contribution is 2.41. The van der Waals surface area contributed by atoms with Crippen molar-refractivity contribution in [1.82, 2.24) is 9.88 Å². The molecule has 0 saturated carbocycles. The fourth-order valence-electron chi connectivity index (χ4n) is 3.04. The SMILES string of the molecule is COc1cc(OC)c2c(-c3ccc(Br)cc3)c(/C(=N/O)C(=O)N(C)C)[nH]c2c1. The van der Waals surface area contributed by atoms with Crippen LogP contribution in [0.5, 0.6) is 11.5 Å². The molecule has 0 aliphatic rings. The van der Waals surface area contributed by atoms with Crippen LogP contribution in [-0.4, -0.2) is 55.0 Å². The van der Waals surface area contributed by atoms with Gasteiger partial charge in [0.05, 0.1) is 30.8 Å². The maximum Gasteiger partial charge on any atom is 0.277 e. The summed E-state index contributed by atoms with van der Waals surface area (Å²) in [5.41, 5.74) is 2.52. The van der Waals surface area contributed by atoms with Gasteiger partial charge in [0.25, 0.3) is 5.91 Å². The van der Waals surface area contributed by atoms with Crippen LogP contribution in [0.1, 0.15) is 5.69 Å². The maximum absolute atomic E-state index is 12.6. The van der Waals surface area contributed by atoms with Crippen LogP contribution in [0.3, 0.4) is 0 Å². The van der Waals surface area contributed by atoms with Gasteiger partial charge in [0.2, 0.25) is 0 Å². The summed E-state index contributed by atoms with van der Waals surface area (Å²) in [5, 5.41) is 13.7. The monoisotopic (exact) mass is 445 g/mol. The lowest BCUT2D eigenvalue weighted by atomic mass is 9.99. The van der Waals surface area contributed by atoms with Crippen LogP contribution in [0, 0.1) is 0 Å². The van der Waals surface area contributed by atoms with Gasteiger partial charge in [0, 0.05) is 36.3 Å². The van der Waals surface area contributed by atoms with Gasteiger partial charge in [-0.3, -0.25) is 4.79 Å². The number of nitrogens with one attached hydrogen (secondary N) is 1. The van der Waals surface area contributed by atoms with E-state index in [2.05, 4.69) is 26.1 Å². The quantitative estimate of drug-likeness (QED) is 0.354. The highest BCUT2D eigenvalue weighted by atomic mass is 79.9. The molecule has 0 spiro atoms. The average molecular weight is 446 g/mol. The van der Waals surface area contributed by atoms with E-state index in [1.54, 1.807) is 40.4 Å². The second-order valence-corrected chi connectivity index (χ2v) is 7.20. The van der Waals surface area contributed by atoms with Gasteiger partial charge in [0.15, 0.2) is 5.71 Å². The number of rotatable bonds is 5. The molecule has 7 nitrogen and oxygen atoms in total. The second-order valence-electron chi connectivity index (χ2n) is 6.28. The molecule has 3 rings (SSSR count). The van der Waals surface area contributed by atoms with E-state index in [-0.39, 0.29) is 5.71 Å². The van der Waals surface area contributed by atoms with E-state index >= 15 is 0 Å². The van der Waals surface area contributed by atoms with Crippen LogP contribution in [0.25, 0.3) is 22.0 Å². The molecule has 1 amide bonds. The van der Waals surface area contributed by atoms with E-state index in [0.717, 1.165) is 15.4 Å². The predicted octanol–water partition coefficient (Wildman–Crippen LogP) is 3.88. The van der Waals surface area contributed by atoms with E-state index in [9.17, 15) is 10.0 Å². The fraction of sp³-hybridized carbons (Fsp3) is 0.200. The summed E-state index contributed by atoms with van der Waals surface area (Å²) in [7, 11) is 6.33. The molecule has 0 unspecified atom stereocenters. The summed E-state index contributed by atoms with van der Waals surface area (Å²) in [4.78, 5) is 17.2. The molecule has 2 aromatic carbocycles. The summed E-state index contributed by atoms with van der Waals surface area (Å²) in [6.45, 7) is 0. The maximum atomic E-state index is 12.6. The topological polar surface area (TPSA) is 87.2 Å². The van der Waals surface area contributed by atoms with Crippen molar-refractivity contribution in [3.63, 3.8) is 0 Å². The van der Waals surface area contributed by atoms with Gasteiger partial charge >= 0.3 is 0 Å². The summed E-state index contributed by atoms with van der Waals surface area (Å²) >= 11 is 3.44. The van der Waals surface area contributed by atoms with E-state index < -0.39 is 5.91 Å². The number of aromatic nitrogens is 1. The summed E-state index contributed by atoms with van der Waals surface area (Å²) < 4.78 is 11.9. The number of methoxy groups -OCH3 is 2. The largest absolute Gasteiger partial charge is 0.497 e. The molecule has 3 aromatic rings. The molecule has 0 radical (unpaired) electrons. The minimum Gasteiger partial charge on any atom is -0.497 e. The van der Waals surface area contributed by atoms with E-state index in [0.29, 0.717) is 28.3 Å². The van der Waals surface area contributed by atoms with E-state index in [1.165, 1.54) is 4.90 Å². The molecule has 0 atom stereocenters. The summed E-state index contributed by atoms with van der Waals surface area (Å²) in [6, 6.07) is 11.2. The molecule has 146 valence electrons. The zero-order valence-electron chi connectivity index (χ0n) is 15.9. The lowest BCUT2D eigenvalue weighted by molar-refractivity contribution is -0.121. The normalized spacial score (nSPS) is 11.5. The number of nitrogens with zero attached hydrogens (tertiary/aromatic N) is 2. The van der Waals surface area contributed by atoms with Crippen LogP contribution >= 0.6 is 15.9 Å². The van der Waals surface area contributed by atoms with E-state index in [4.69, 9.17) is 9.47 Å². The first-order valence-electron chi connectivity index (χ1n) is 8.39. The number of benzene rings is 2. The molecule has 1 aromatic heterocycles. The summed E-state index contributed by atoms with van der Waals surface area (Å²) in [5.74, 6) is 0.739. The van der Waals surface area contributed by atoms with Gasteiger partial charge < -0.3 is 24.6 Å². The average Bonchev–Trinajstić information content (AvgIpc) is 3.07. The first-order valence-corrected chi connectivity index (χ1v) is 9.18. The molecular formula is C20H20BrN3O4. The van der Waals surface area contributed by atoms with Gasteiger partial charge in [-0.15, -0.1) is 0 Å². The number of aromatic amines is 1. The molecule has 0 saturated heterocycles. The van der Waals surface area contributed by atoms with Crippen LogP contribution in [0.4, 0.5) is 0 Å². The number of halogens is 1. The number of oxime groups is 1. The van der Waals surface area contributed by atoms with Gasteiger partial charge in [0.1, 0.15) is 11.5 Å². The molecule has 0 fully saturated rings. The number of likely N-dealkylation sites (N-methyl/N-ethyl adjacent to an activating group) is 1. The standard InChI is InChI=1S/C20H20BrN3O4/c1-24(2)20(25)19(23-26)18-16(11-5-7-12(21)8-6-11)17-14(22-18)9-13(27-3)10-15(17)28-4/h5-10,22,26H,1-4H3/b23-19-. The van der Waals surface area contributed by atoms with Crippen molar-refractivity contribution in [3.05, 3.63) is 46.6 Å². The van der Waals surface area contributed by atoms with Crippen molar-refractivity contribution < 1.29 is 19.5 Å². The Morgan fingerprint density at radius 3 is 2.36 bits per heavy atom. The third kappa shape index (κ3) is 3.43. The first kappa shape index (κ1) is 19.8. The number of H-pyrrole nitrogens is 1. The number of ether oxygens (including phenoxy) is 2. The first-order chi connectivity index (χ1) is 13.4. The fourth-order valence-corrected chi connectivity index (χ4v) is 3.31. The highest BCUT2D eigenvalue weighted by Gasteiger charge is 2.26. The van der Waals surface area contributed by atoms with Crippen molar-refractivity contribution in [2.45, 2.75) is 0 Å². The molecule has 0 bridgehead atoms. The lowest BCUT2D eigenvalue weighted by Gasteiger charge is -2.12. The molecule has 0 aliphatic carbocycles. The molecule has 28 heavy (non-hydrogen) atoms. The van der Waals surface area contributed by atoms with Crippen LogP contribution in [-0.2, 0) is 4.79 Å². The molecule has 0 aliphatic heterocycles. The zero-order valence-corrected chi connectivity index (χ0v) is 17.5. The third-order valence-electron chi connectivity index (χ3n) is 4.37. The Bertz CT molecular complexity index is 1060. The second kappa shape index (κ2) is 7.93. The number of carbonyl (C=O) groups excluding carboxylic acids is 1.